The summed E-state index contributed by atoms with van der Waals surface area (Å²) in [6.45, 7) is -0.891. The summed E-state index contributed by atoms with van der Waals surface area (Å²) in [5.74, 6) is -6.17. The molecule has 0 bridgehead atoms. The fourth-order valence-corrected chi connectivity index (χ4v) is 4.25. The minimum atomic E-state index is -4.77. The van der Waals surface area contributed by atoms with E-state index < -0.39 is 67.2 Å². The van der Waals surface area contributed by atoms with Gasteiger partial charge in [0.05, 0.1) is 0 Å². The number of hydrogen-bond acceptors (Lipinski definition) is 10. The molecule has 0 heterocycles. The highest BCUT2D eigenvalue weighted by molar-refractivity contribution is 7.91. The predicted molar refractivity (Wildman–Crippen MR) is 84.1 cm³/mol. The molecule has 0 unspecified atom stereocenters. The lowest BCUT2D eigenvalue weighted by Gasteiger charge is -2.17. The van der Waals surface area contributed by atoms with Gasteiger partial charge in [-0.2, -0.15) is 0 Å². The molecule has 10 N–H and O–H groups in total. The van der Waals surface area contributed by atoms with E-state index in [1.54, 1.807) is 0 Å². The Morgan fingerprint density at radius 1 is 0.680 bits per heavy atom. The van der Waals surface area contributed by atoms with E-state index in [1.165, 1.54) is 0 Å². The number of nitrogens with two attached hydrogens (primary N) is 2. The minimum Gasteiger partial charge on any atom is -0.504 e. The van der Waals surface area contributed by atoms with Gasteiger partial charge in [-0.05, 0) is 23.3 Å². The lowest BCUT2D eigenvalue weighted by atomic mass is 10.2. The second-order valence-corrected chi connectivity index (χ2v) is 6.90. The van der Waals surface area contributed by atoms with E-state index in [0.717, 1.165) is 12.1 Å². The van der Waals surface area contributed by atoms with Crippen LogP contribution in [0.2, 0.25) is 0 Å². The summed E-state index contributed by atoms with van der Waals surface area (Å²) in [6.07, 6.45) is 0. The van der Waals surface area contributed by atoms with Crippen molar-refractivity contribution in [3.8, 4) is 34.5 Å². The Hall–Kier alpha value is -2.89. The van der Waals surface area contributed by atoms with E-state index in [9.17, 15) is 39.1 Å². The molecule has 2 aromatic rings. The molecule has 0 aromatic heterocycles. The van der Waals surface area contributed by atoms with Crippen molar-refractivity contribution in [1.29, 1.82) is 0 Å². The summed E-state index contributed by atoms with van der Waals surface area (Å²) >= 11 is 0. The molecule has 25 heavy (non-hydrogen) atoms. The maximum absolute atomic E-state index is 12.9. The molecule has 0 aliphatic rings. The second kappa shape index (κ2) is 6.20. The summed E-state index contributed by atoms with van der Waals surface area (Å²) in [7, 11) is -4.77. The van der Waals surface area contributed by atoms with Crippen LogP contribution in [-0.4, -0.2) is 39.1 Å². The van der Waals surface area contributed by atoms with E-state index in [-0.39, 0.29) is 11.1 Å². The number of phenolic OH excluding ortho intramolecular Hbond substituents is 6. The Balaban J connectivity index is 2.96. The largest absolute Gasteiger partial charge is 0.504 e. The van der Waals surface area contributed by atoms with Gasteiger partial charge in [0.25, 0.3) is 0 Å². The van der Waals surface area contributed by atoms with Crippen LogP contribution in [0.5, 0.6) is 34.5 Å². The average Bonchev–Trinajstić information content (AvgIpc) is 2.55. The quantitative estimate of drug-likeness (QED) is 0.328. The van der Waals surface area contributed by atoms with Gasteiger partial charge in [0, 0.05) is 13.1 Å². The van der Waals surface area contributed by atoms with Gasteiger partial charge in [-0.25, -0.2) is 8.42 Å². The SMILES string of the molecule is NCc1cc(O)c(O)c(O)c1S(=O)(=O)c1c(CN)cc(O)c(O)c1O. The fourth-order valence-electron chi connectivity index (χ4n) is 2.36. The molecule has 0 saturated carbocycles. The number of hydrogen-bond donors (Lipinski definition) is 8. The first kappa shape index (κ1) is 18.4. The highest BCUT2D eigenvalue weighted by atomic mass is 32.2. The summed E-state index contributed by atoms with van der Waals surface area (Å²) in [5.41, 5.74) is 10.3. The van der Waals surface area contributed by atoms with Gasteiger partial charge in [-0.3, -0.25) is 0 Å². The normalized spacial score (nSPS) is 11.6. The molecule has 0 aliphatic heterocycles. The molecular formula is C14H16N2O8S. The number of sulfone groups is 1. The molecule has 0 radical (unpaired) electrons. The monoisotopic (exact) mass is 372 g/mol. The third kappa shape index (κ3) is 2.73. The number of phenols is 6. The van der Waals surface area contributed by atoms with E-state index in [2.05, 4.69) is 0 Å². The Morgan fingerprint density at radius 3 is 1.28 bits per heavy atom. The average molecular weight is 372 g/mol. The Morgan fingerprint density at radius 2 is 1.00 bits per heavy atom. The number of rotatable bonds is 4. The molecule has 11 heteroatoms. The van der Waals surface area contributed by atoms with Crippen LogP contribution < -0.4 is 11.5 Å². The zero-order valence-corrected chi connectivity index (χ0v) is 13.4. The highest BCUT2D eigenvalue weighted by Gasteiger charge is 2.34. The lowest BCUT2D eigenvalue weighted by Crippen LogP contribution is -2.13. The van der Waals surface area contributed by atoms with Crippen molar-refractivity contribution in [1.82, 2.24) is 0 Å². The predicted octanol–water partition coefficient (Wildman–Crippen LogP) is -0.330. The maximum atomic E-state index is 12.9. The lowest BCUT2D eigenvalue weighted by molar-refractivity contribution is 0.356. The zero-order valence-electron chi connectivity index (χ0n) is 12.6. The molecule has 10 nitrogen and oxygen atoms in total. The van der Waals surface area contributed by atoms with E-state index >= 15 is 0 Å². The van der Waals surface area contributed by atoms with Gasteiger partial charge in [0.2, 0.25) is 21.3 Å². The standard InChI is InChI=1S/C14H16N2O8S/c15-3-5-1-7(17)9(19)11(21)13(5)25(23,24)14-6(4-16)2-8(18)10(20)12(14)22/h1-2,17-22H,3-4,15-16H2. The van der Waals surface area contributed by atoms with Gasteiger partial charge in [0.1, 0.15) is 9.79 Å². The van der Waals surface area contributed by atoms with Crippen LogP contribution in [0, 0.1) is 0 Å². The second-order valence-electron chi connectivity index (χ2n) is 5.07. The highest BCUT2D eigenvalue weighted by Crippen LogP contribution is 2.48. The van der Waals surface area contributed by atoms with Crippen molar-refractivity contribution < 1.29 is 39.1 Å². The molecule has 136 valence electrons. The van der Waals surface area contributed by atoms with Crippen LogP contribution in [0.15, 0.2) is 21.9 Å². The Labute approximate surface area is 141 Å². The zero-order chi connectivity index (χ0) is 19.1. The van der Waals surface area contributed by atoms with Crippen LogP contribution in [0.4, 0.5) is 0 Å². The van der Waals surface area contributed by atoms with Crippen molar-refractivity contribution in [3.63, 3.8) is 0 Å². The first-order chi connectivity index (χ1) is 11.6. The Kier molecular flexibility index (Phi) is 4.57. The number of aromatic hydroxyl groups is 6. The summed E-state index contributed by atoms with van der Waals surface area (Å²) in [4.78, 5) is -1.75. The van der Waals surface area contributed by atoms with E-state index in [1.807, 2.05) is 0 Å². The summed E-state index contributed by atoms with van der Waals surface area (Å²) in [6, 6.07) is 1.67. The van der Waals surface area contributed by atoms with Crippen LogP contribution in [0.3, 0.4) is 0 Å². The molecule has 0 saturated heterocycles. The maximum Gasteiger partial charge on any atom is 0.214 e. The van der Waals surface area contributed by atoms with E-state index in [0.29, 0.717) is 0 Å². The van der Waals surface area contributed by atoms with Gasteiger partial charge in [0.15, 0.2) is 23.0 Å². The topological polar surface area (TPSA) is 208 Å². The van der Waals surface area contributed by atoms with Gasteiger partial charge < -0.3 is 42.1 Å². The molecule has 0 fully saturated rings. The van der Waals surface area contributed by atoms with Crippen molar-refractivity contribution >= 4 is 9.84 Å². The molecule has 0 aliphatic carbocycles. The fraction of sp³-hybridized carbons (Fsp3) is 0.143. The minimum absolute atomic E-state index is 0.261. The number of benzene rings is 2. The van der Waals surface area contributed by atoms with Gasteiger partial charge >= 0.3 is 0 Å². The summed E-state index contributed by atoms with van der Waals surface area (Å²) in [5, 5.41) is 58.3. The summed E-state index contributed by atoms with van der Waals surface area (Å²) < 4.78 is 25.9. The van der Waals surface area contributed by atoms with Crippen LogP contribution in [0.25, 0.3) is 0 Å². The molecule has 2 aromatic carbocycles. The van der Waals surface area contributed by atoms with Crippen molar-refractivity contribution in [3.05, 3.63) is 23.3 Å². The third-order valence-corrected chi connectivity index (χ3v) is 5.53. The van der Waals surface area contributed by atoms with E-state index in [4.69, 9.17) is 11.5 Å². The van der Waals surface area contributed by atoms with Crippen LogP contribution in [0.1, 0.15) is 11.1 Å². The molecule has 0 spiro atoms. The molecule has 0 atom stereocenters. The van der Waals surface area contributed by atoms with Gasteiger partial charge in [-0.1, -0.05) is 0 Å². The Bertz CT molecular complexity index is 885. The smallest absolute Gasteiger partial charge is 0.214 e. The van der Waals surface area contributed by atoms with Crippen molar-refractivity contribution in [2.45, 2.75) is 22.9 Å². The molecule has 2 rings (SSSR count). The molecular weight excluding hydrogens is 356 g/mol. The van der Waals surface area contributed by atoms with Crippen molar-refractivity contribution in [2.75, 3.05) is 0 Å². The third-order valence-electron chi connectivity index (χ3n) is 3.55. The van der Waals surface area contributed by atoms with Crippen LogP contribution in [-0.2, 0) is 22.9 Å². The first-order valence-corrected chi connectivity index (χ1v) is 8.24. The first-order valence-electron chi connectivity index (χ1n) is 6.76. The van der Waals surface area contributed by atoms with Crippen molar-refractivity contribution in [2.24, 2.45) is 11.5 Å². The van der Waals surface area contributed by atoms with Crippen LogP contribution >= 0.6 is 0 Å². The van der Waals surface area contributed by atoms with Gasteiger partial charge in [-0.15, -0.1) is 0 Å². The molecule has 0 amide bonds.